The number of nitrogens with zero attached hydrogens (tertiary/aromatic N) is 2. The van der Waals surface area contributed by atoms with Gasteiger partial charge in [0.05, 0.1) is 28.3 Å². The Bertz CT molecular complexity index is 3500. The molecule has 0 saturated heterocycles. The van der Waals surface area contributed by atoms with Gasteiger partial charge in [-0.15, -0.1) is 0 Å². The molecule has 7 nitrogen and oxygen atoms in total. The van der Waals surface area contributed by atoms with Crippen molar-refractivity contribution in [3.8, 4) is 44.5 Å². The number of ether oxygens (including phenoxy) is 1. The van der Waals surface area contributed by atoms with Crippen molar-refractivity contribution >= 4 is 58.6 Å². The molecule has 0 radical (unpaired) electrons. The van der Waals surface area contributed by atoms with E-state index < -0.39 is 0 Å². The molecule has 2 aliphatic rings. The first-order valence-corrected chi connectivity index (χ1v) is 23.0. The molecule has 2 N–H and O–H groups in total. The van der Waals surface area contributed by atoms with Crippen LogP contribution >= 0.6 is 0 Å². The number of benzene rings is 5. The summed E-state index contributed by atoms with van der Waals surface area (Å²) in [4.78, 5) is 44.0. The van der Waals surface area contributed by atoms with Gasteiger partial charge in [-0.25, -0.2) is 14.8 Å². The monoisotopic (exact) mass is 888 g/mol. The van der Waals surface area contributed by atoms with Crippen LogP contribution in [-0.2, 0) is 11.3 Å². The van der Waals surface area contributed by atoms with E-state index in [1.54, 1.807) is 0 Å². The van der Waals surface area contributed by atoms with Gasteiger partial charge < -0.3 is 14.7 Å². The Morgan fingerprint density at radius 2 is 0.824 bits per heavy atom. The molecule has 8 aromatic rings. The summed E-state index contributed by atoms with van der Waals surface area (Å²) < 4.78 is 5.82. The van der Waals surface area contributed by atoms with E-state index in [9.17, 15) is 9.59 Å². The zero-order valence-corrected chi connectivity index (χ0v) is 39.7. The average Bonchev–Trinajstić information content (AvgIpc) is 4.15. The van der Waals surface area contributed by atoms with Crippen molar-refractivity contribution in [1.29, 1.82) is 0 Å². The van der Waals surface area contributed by atoms with E-state index in [4.69, 9.17) is 14.7 Å². The fraction of sp³-hybridized carbons (Fsp3) is 0.148. The maximum Gasteiger partial charge on any atom is 0.338 e. The Hall–Kier alpha value is -8.16. The van der Waals surface area contributed by atoms with Gasteiger partial charge in [-0.1, -0.05) is 101 Å². The summed E-state index contributed by atoms with van der Waals surface area (Å²) in [6.45, 7) is 17.2. The molecule has 10 rings (SSSR count). The second-order valence-electron chi connectivity index (χ2n) is 18.4. The number of H-pyrrole nitrogens is 2. The highest BCUT2D eigenvalue weighted by Gasteiger charge is 2.22. The van der Waals surface area contributed by atoms with Crippen LogP contribution in [0.25, 0.3) is 90.9 Å². The van der Waals surface area contributed by atoms with Crippen molar-refractivity contribution in [3.63, 3.8) is 0 Å². The number of esters is 1. The topological polar surface area (TPSA) is 101 Å². The smallest absolute Gasteiger partial charge is 0.338 e. The van der Waals surface area contributed by atoms with E-state index in [2.05, 4.69) is 130 Å². The van der Waals surface area contributed by atoms with Crippen molar-refractivity contribution in [3.05, 3.63) is 199 Å². The molecule has 0 spiro atoms. The lowest BCUT2D eigenvalue weighted by atomic mass is 9.92. The average molecular weight is 889 g/mol. The Kier molecular flexibility index (Phi) is 11.3. The minimum Gasteiger partial charge on any atom is -0.457 e. The van der Waals surface area contributed by atoms with E-state index in [0.29, 0.717) is 11.1 Å². The molecule has 2 aliphatic heterocycles. The lowest BCUT2D eigenvalue weighted by molar-refractivity contribution is 0.0472. The molecule has 0 amide bonds. The Morgan fingerprint density at radius 3 is 1.24 bits per heavy atom. The Balaban J connectivity index is 1.27. The number of carbonyl (C=O) groups is 2. The number of carbonyl (C=O) groups excluding carboxylic acids is 2. The summed E-state index contributed by atoms with van der Waals surface area (Å²) in [7, 11) is 0. The zero-order chi connectivity index (χ0) is 47.4. The maximum absolute atomic E-state index is 13.5. The standard InChI is InChI=1S/C61H52N4O3/c1-34-25-35(2)31-43(30-34)33-68-61(67)46-15-13-45(14-16-46)58-49-19-23-53(64-49)59(55-38(5)26-36(3)27-39(55)6)51-21-17-47(62-51)57(44-11-9-42(32-66)10-12-44)48-18-22-52(63-48)60(54-24-20-50(58)65-54)56-40(7)28-37(4)29-41(56)8/h9-32,62,65H,33H2,1-8H3. The molecule has 8 bridgehead atoms. The molecule has 5 heterocycles. The van der Waals surface area contributed by atoms with Crippen molar-refractivity contribution < 1.29 is 14.3 Å². The number of aromatic amines is 2. The molecule has 334 valence electrons. The minimum atomic E-state index is -0.383. The molecule has 3 aromatic heterocycles. The normalized spacial score (nSPS) is 11.9. The van der Waals surface area contributed by atoms with Gasteiger partial charge in [-0.2, -0.15) is 0 Å². The van der Waals surface area contributed by atoms with Crippen molar-refractivity contribution in [2.75, 3.05) is 0 Å². The van der Waals surface area contributed by atoms with Crippen LogP contribution in [0.15, 0.2) is 115 Å². The van der Waals surface area contributed by atoms with Crippen LogP contribution in [0.1, 0.15) is 93.6 Å². The second kappa shape index (κ2) is 17.6. The lowest BCUT2D eigenvalue weighted by Gasteiger charge is -2.13. The predicted octanol–water partition coefficient (Wildman–Crippen LogP) is 15.0. The van der Waals surface area contributed by atoms with E-state index >= 15 is 0 Å². The Labute approximate surface area is 397 Å². The van der Waals surface area contributed by atoms with Crippen LogP contribution in [0, 0.1) is 55.4 Å². The van der Waals surface area contributed by atoms with E-state index in [1.807, 2.05) is 74.5 Å². The largest absolute Gasteiger partial charge is 0.457 e. The van der Waals surface area contributed by atoms with Crippen LogP contribution < -0.4 is 0 Å². The number of hydrogen-bond acceptors (Lipinski definition) is 5. The third kappa shape index (κ3) is 8.21. The highest BCUT2D eigenvalue weighted by Crippen LogP contribution is 2.41. The first-order chi connectivity index (χ1) is 32.8. The van der Waals surface area contributed by atoms with Gasteiger partial charge in [0.25, 0.3) is 0 Å². The molecule has 0 fully saturated rings. The van der Waals surface area contributed by atoms with Gasteiger partial charge >= 0.3 is 5.97 Å². The van der Waals surface area contributed by atoms with Crippen LogP contribution in [0.5, 0.6) is 0 Å². The number of fused-ring (bicyclic) bond motifs is 8. The third-order valence-electron chi connectivity index (χ3n) is 13.0. The number of nitrogens with one attached hydrogen (secondary N) is 2. The quantitative estimate of drug-likeness (QED) is 0.117. The highest BCUT2D eigenvalue weighted by molar-refractivity contribution is 6.01. The van der Waals surface area contributed by atoms with E-state index in [1.165, 1.54) is 11.1 Å². The Morgan fingerprint density at radius 1 is 0.456 bits per heavy atom. The minimum absolute atomic E-state index is 0.194. The van der Waals surface area contributed by atoms with Crippen LogP contribution in [0.4, 0.5) is 0 Å². The van der Waals surface area contributed by atoms with E-state index in [0.717, 1.165) is 135 Å². The van der Waals surface area contributed by atoms with E-state index in [-0.39, 0.29) is 12.6 Å². The lowest BCUT2D eigenvalue weighted by Crippen LogP contribution is -2.05. The molecule has 0 atom stereocenters. The second-order valence-corrected chi connectivity index (χ2v) is 18.4. The van der Waals surface area contributed by atoms with Gasteiger partial charge in [0.15, 0.2) is 0 Å². The molecular formula is C61H52N4O3. The zero-order valence-electron chi connectivity index (χ0n) is 39.7. The SMILES string of the molecule is Cc1cc(C)cc(COC(=O)c2ccc(-c3c4nc(c(-c5c(C)cc(C)cc5C)c5ccc([nH]5)c(-c5ccc(C=O)cc5)c5nc(c(-c6c(C)cc(C)cc6C)c6ccc3[nH]6)C=C5)C=C4)cc2)c1. The summed E-state index contributed by atoms with van der Waals surface area (Å²) in [5.74, 6) is -0.383. The number of aromatic nitrogens is 4. The van der Waals surface area contributed by atoms with Crippen LogP contribution in [0.3, 0.4) is 0 Å². The summed E-state index contributed by atoms with van der Waals surface area (Å²) in [6, 6.07) is 38.9. The summed E-state index contributed by atoms with van der Waals surface area (Å²) in [6.07, 6.45) is 9.27. The molecule has 0 saturated carbocycles. The van der Waals surface area contributed by atoms with Crippen molar-refractivity contribution in [2.24, 2.45) is 0 Å². The van der Waals surface area contributed by atoms with Gasteiger partial charge in [0, 0.05) is 49.9 Å². The maximum atomic E-state index is 13.5. The fourth-order valence-electron chi connectivity index (χ4n) is 10.4. The van der Waals surface area contributed by atoms with Crippen molar-refractivity contribution in [1.82, 2.24) is 19.9 Å². The molecule has 7 heteroatoms. The summed E-state index contributed by atoms with van der Waals surface area (Å²) >= 11 is 0. The number of aryl methyl sites for hydroxylation is 8. The number of hydrogen-bond donors (Lipinski definition) is 2. The van der Waals surface area contributed by atoms with Crippen LogP contribution in [-0.4, -0.2) is 32.2 Å². The molecule has 0 aliphatic carbocycles. The fourth-order valence-corrected chi connectivity index (χ4v) is 10.4. The van der Waals surface area contributed by atoms with Crippen LogP contribution in [0.2, 0.25) is 0 Å². The summed E-state index contributed by atoms with van der Waals surface area (Å²) in [5.41, 5.74) is 25.8. The predicted molar refractivity (Wildman–Crippen MR) is 279 cm³/mol. The first-order valence-electron chi connectivity index (χ1n) is 23.0. The number of aldehydes is 1. The third-order valence-corrected chi connectivity index (χ3v) is 13.0. The first kappa shape index (κ1) is 43.7. The molecule has 68 heavy (non-hydrogen) atoms. The number of rotatable bonds is 8. The molecular weight excluding hydrogens is 837 g/mol. The van der Waals surface area contributed by atoms with Gasteiger partial charge in [0.2, 0.25) is 0 Å². The van der Waals surface area contributed by atoms with Gasteiger partial charge in [-0.05, 0) is 166 Å². The highest BCUT2D eigenvalue weighted by atomic mass is 16.5. The molecule has 5 aromatic carbocycles. The van der Waals surface area contributed by atoms with Gasteiger partial charge in [-0.3, -0.25) is 4.79 Å². The van der Waals surface area contributed by atoms with Crippen molar-refractivity contribution in [2.45, 2.75) is 62.0 Å². The molecule has 0 unspecified atom stereocenters. The summed E-state index contributed by atoms with van der Waals surface area (Å²) in [5, 5.41) is 0. The van der Waals surface area contributed by atoms with Gasteiger partial charge in [0.1, 0.15) is 12.9 Å².